The van der Waals surface area contributed by atoms with Gasteiger partial charge in [0.2, 0.25) is 0 Å². The zero-order valence-electron chi connectivity index (χ0n) is 18.9. The third kappa shape index (κ3) is 3.76. The van der Waals surface area contributed by atoms with Gasteiger partial charge in [-0.15, -0.1) is 0 Å². The fourth-order valence-electron chi connectivity index (χ4n) is 5.39. The lowest BCUT2D eigenvalue weighted by Gasteiger charge is -2.39. The first-order valence-corrected chi connectivity index (χ1v) is 11.5. The molecule has 3 amide bonds. The van der Waals surface area contributed by atoms with Gasteiger partial charge in [-0.05, 0) is 31.6 Å². The molecule has 182 valence electrons. The van der Waals surface area contributed by atoms with Crippen LogP contribution in [-0.4, -0.2) is 45.5 Å². The van der Waals surface area contributed by atoms with Gasteiger partial charge in [-0.25, -0.2) is 22.8 Å². The SMILES string of the molecule is CC(C)CC1COC(=O)N1c1cnn2c1CN(C(=O)Nc1cc(F)c(F)c(F)c1)[C@H]1CCC[C@H]12. The largest absolute Gasteiger partial charge is 0.447 e. The number of cyclic esters (lactones) is 1. The smallest absolute Gasteiger partial charge is 0.414 e. The molecule has 34 heavy (non-hydrogen) atoms. The summed E-state index contributed by atoms with van der Waals surface area (Å²) in [4.78, 5) is 29.0. The van der Waals surface area contributed by atoms with Gasteiger partial charge in [-0.2, -0.15) is 5.10 Å². The number of urea groups is 1. The van der Waals surface area contributed by atoms with Crippen molar-refractivity contribution in [1.82, 2.24) is 14.7 Å². The maximum atomic E-state index is 13.7. The van der Waals surface area contributed by atoms with Crippen molar-refractivity contribution in [2.45, 2.75) is 64.2 Å². The highest BCUT2D eigenvalue weighted by atomic mass is 19.2. The van der Waals surface area contributed by atoms with Gasteiger partial charge in [0.25, 0.3) is 0 Å². The molecular weight excluding hydrogens is 451 g/mol. The van der Waals surface area contributed by atoms with E-state index in [1.165, 1.54) is 0 Å². The highest BCUT2D eigenvalue weighted by Crippen LogP contribution is 2.42. The summed E-state index contributed by atoms with van der Waals surface area (Å²) in [6.45, 7) is 4.60. The minimum Gasteiger partial charge on any atom is -0.447 e. The summed E-state index contributed by atoms with van der Waals surface area (Å²) in [5.74, 6) is -3.99. The number of nitrogens with one attached hydrogen (secondary N) is 1. The first-order valence-electron chi connectivity index (χ1n) is 11.5. The van der Waals surface area contributed by atoms with Crippen molar-refractivity contribution in [1.29, 1.82) is 0 Å². The monoisotopic (exact) mass is 477 g/mol. The van der Waals surface area contributed by atoms with Gasteiger partial charge in [0.15, 0.2) is 17.5 Å². The van der Waals surface area contributed by atoms with Crippen molar-refractivity contribution in [2.24, 2.45) is 5.92 Å². The van der Waals surface area contributed by atoms with Crippen LogP contribution in [0.25, 0.3) is 0 Å². The first kappa shape index (κ1) is 22.5. The van der Waals surface area contributed by atoms with Crippen LogP contribution in [0.4, 0.5) is 34.1 Å². The summed E-state index contributed by atoms with van der Waals surface area (Å²) in [6, 6.07) is 0.579. The molecule has 3 heterocycles. The lowest BCUT2D eigenvalue weighted by Crippen LogP contribution is -2.49. The van der Waals surface area contributed by atoms with Crippen LogP contribution in [0.15, 0.2) is 18.3 Å². The number of halogens is 3. The number of anilines is 2. The van der Waals surface area contributed by atoms with E-state index >= 15 is 0 Å². The summed E-state index contributed by atoms with van der Waals surface area (Å²) in [6.07, 6.45) is 4.41. The van der Waals surface area contributed by atoms with Gasteiger partial charge in [0, 0.05) is 17.8 Å². The number of amides is 3. The molecule has 1 saturated heterocycles. The van der Waals surface area contributed by atoms with Gasteiger partial charge >= 0.3 is 12.1 Å². The van der Waals surface area contributed by atoms with Crippen LogP contribution in [-0.2, 0) is 11.3 Å². The van der Waals surface area contributed by atoms with Crippen LogP contribution < -0.4 is 10.2 Å². The molecule has 11 heteroatoms. The summed E-state index contributed by atoms with van der Waals surface area (Å²) < 4.78 is 47.8. The molecule has 1 saturated carbocycles. The molecule has 2 fully saturated rings. The van der Waals surface area contributed by atoms with E-state index in [9.17, 15) is 22.8 Å². The molecule has 5 rings (SSSR count). The van der Waals surface area contributed by atoms with E-state index in [1.54, 1.807) is 16.0 Å². The molecule has 1 aliphatic carbocycles. The minimum atomic E-state index is -1.59. The van der Waals surface area contributed by atoms with Gasteiger partial charge in [-0.3, -0.25) is 9.58 Å². The number of benzene rings is 1. The second-order valence-corrected chi connectivity index (χ2v) is 9.53. The molecule has 2 aliphatic heterocycles. The lowest BCUT2D eigenvalue weighted by atomic mass is 10.0. The zero-order chi connectivity index (χ0) is 24.1. The van der Waals surface area contributed by atoms with Crippen LogP contribution in [0.1, 0.15) is 51.3 Å². The Balaban J connectivity index is 1.45. The van der Waals surface area contributed by atoms with E-state index in [0.717, 1.165) is 37.8 Å². The number of nitrogens with zero attached hydrogens (tertiary/aromatic N) is 4. The Hall–Kier alpha value is -3.24. The van der Waals surface area contributed by atoms with E-state index in [-0.39, 0.29) is 30.4 Å². The molecule has 8 nitrogen and oxygen atoms in total. The molecule has 0 bridgehead atoms. The van der Waals surface area contributed by atoms with Crippen LogP contribution in [0.2, 0.25) is 0 Å². The van der Waals surface area contributed by atoms with Crippen LogP contribution in [0.3, 0.4) is 0 Å². The maximum Gasteiger partial charge on any atom is 0.414 e. The molecule has 1 aromatic carbocycles. The van der Waals surface area contributed by atoms with Gasteiger partial charge in [0.1, 0.15) is 6.61 Å². The molecule has 0 radical (unpaired) electrons. The molecule has 3 aliphatic rings. The molecule has 1 N–H and O–H groups in total. The van der Waals surface area contributed by atoms with Crippen molar-refractivity contribution < 1.29 is 27.5 Å². The molecule has 1 aromatic heterocycles. The first-order chi connectivity index (χ1) is 16.2. The summed E-state index contributed by atoms with van der Waals surface area (Å²) in [5, 5.41) is 7.06. The average Bonchev–Trinajstić information content (AvgIpc) is 3.49. The molecule has 2 aromatic rings. The Morgan fingerprint density at radius 1 is 1.21 bits per heavy atom. The van der Waals surface area contributed by atoms with E-state index in [2.05, 4.69) is 24.3 Å². The van der Waals surface area contributed by atoms with E-state index < -0.39 is 29.6 Å². The quantitative estimate of drug-likeness (QED) is 0.641. The Labute approximate surface area is 194 Å². The normalized spacial score (nSPS) is 23.8. The third-order valence-electron chi connectivity index (χ3n) is 6.82. The number of rotatable bonds is 4. The number of fused-ring (bicyclic) bond motifs is 3. The van der Waals surface area contributed by atoms with Crippen molar-refractivity contribution in [3.05, 3.63) is 41.5 Å². The van der Waals surface area contributed by atoms with E-state index in [4.69, 9.17) is 4.74 Å². The predicted octanol–water partition coefficient (Wildman–Crippen LogP) is 4.81. The van der Waals surface area contributed by atoms with E-state index in [1.807, 2.05) is 4.68 Å². The maximum absolute atomic E-state index is 13.7. The van der Waals surface area contributed by atoms with Crippen LogP contribution >= 0.6 is 0 Å². The third-order valence-corrected chi connectivity index (χ3v) is 6.82. The molecular formula is C23H26F3N5O3. The van der Waals surface area contributed by atoms with Gasteiger partial charge in [-0.1, -0.05) is 13.8 Å². The Morgan fingerprint density at radius 3 is 2.62 bits per heavy atom. The molecule has 3 atom stereocenters. The summed E-state index contributed by atoms with van der Waals surface area (Å²) in [7, 11) is 0. The Bertz CT molecular complexity index is 1110. The summed E-state index contributed by atoms with van der Waals surface area (Å²) >= 11 is 0. The van der Waals surface area contributed by atoms with Crippen molar-refractivity contribution in [3.63, 3.8) is 0 Å². The average molecular weight is 477 g/mol. The van der Waals surface area contributed by atoms with Crippen LogP contribution in [0, 0.1) is 23.4 Å². The fourth-order valence-corrected chi connectivity index (χ4v) is 5.39. The summed E-state index contributed by atoms with van der Waals surface area (Å²) in [5.41, 5.74) is 1.15. The van der Waals surface area contributed by atoms with Crippen molar-refractivity contribution in [2.75, 3.05) is 16.8 Å². The van der Waals surface area contributed by atoms with Gasteiger partial charge in [0.05, 0.1) is 42.2 Å². The number of aromatic nitrogens is 2. The van der Waals surface area contributed by atoms with Crippen molar-refractivity contribution >= 4 is 23.5 Å². The number of hydrogen-bond acceptors (Lipinski definition) is 4. The Morgan fingerprint density at radius 2 is 1.91 bits per heavy atom. The molecule has 0 spiro atoms. The highest BCUT2D eigenvalue weighted by molar-refractivity contribution is 5.92. The number of hydrogen-bond donors (Lipinski definition) is 1. The molecule has 1 unspecified atom stereocenters. The highest BCUT2D eigenvalue weighted by Gasteiger charge is 2.45. The minimum absolute atomic E-state index is 0.0767. The fraction of sp³-hybridized carbons (Fsp3) is 0.522. The second-order valence-electron chi connectivity index (χ2n) is 9.53. The zero-order valence-corrected chi connectivity index (χ0v) is 18.9. The van der Waals surface area contributed by atoms with Crippen molar-refractivity contribution in [3.8, 4) is 0 Å². The standard InChI is InChI=1S/C23H26F3N5O3/c1-12(2)6-14-11-34-23(33)30(14)19-9-27-31-18-5-3-4-17(18)29(10-20(19)31)22(32)28-13-7-15(24)21(26)16(25)8-13/h7-9,12,14,17-18H,3-6,10-11H2,1-2H3,(H,28,32)/t14?,17-,18+/m0/s1. The number of carbonyl (C=O) groups is 2. The number of ether oxygens (including phenoxy) is 1. The van der Waals surface area contributed by atoms with Gasteiger partial charge < -0.3 is 15.0 Å². The van der Waals surface area contributed by atoms with E-state index in [0.29, 0.717) is 23.9 Å². The Kier molecular flexibility index (Phi) is 5.65. The number of carbonyl (C=O) groups excluding carboxylic acids is 2. The topological polar surface area (TPSA) is 79.7 Å². The lowest BCUT2D eigenvalue weighted by molar-refractivity contribution is 0.138. The van der Waals surface area contributed by atoms with Crippen LogP contribution in [0.5, 0.6) is 0 Å². The second kappa shape index (κ2) is 8.52. The predicted molar refractivity (Wildman–Crippen MR) is 117 cm³/mol.